The van der Waals surface area contributed by atoms with Crippen molar-refractivity contribution in [1.29, 1.82) is 0 Å². The van der Waals surface area contributed by atoms with Gasteiger partial charge in [-0.3, -0.25) is 4.90 Å². The highest BCUT2D eigenvalue weighted by Gasteiger charge is 2.42. The third-order valence-corrected chi connectivity index (χ3v) is 2.13. The molecule has 10 heavy (non-hydrogen) atoms. The van der Waals surface area contributed by atoms with Crippen molar-refractivity contribution in [2.45, 2.75) is 39.3 Å². The zero-order valence-electron chi connectivity index (χ0n) is 7.68. The lowest BCUT2D eigenvalue weighted by Gasteiger charge is -2.49. The molecule has 0 bridgehead atoms. The molecule has 1 heterocycles. The Labute approximate surface area is 63.8 Å². The maximum atomic E-state index is 9.31. The Kier molecular flexibility index (Phi) is 3.33. The molecule has 62 valence electrons. The fourth-order valence-electron chi connectivity index (χ4n) is 1.14. The van der Waals surface area contributed by atoms with E-state index in [1.807, 2.05) is 34.7 Å². The van der Waals surface area contributed by atoms with Crippen molar-refractivity contribution < 1.29 is 5.11 Å². The van der Waals surface area contributed by atoms with Crippen molar-refractivity contribution in [3.63, 3.8) is 0 Å². The molecule has 2 nitrogen and oxygen atoms in total. The van der Waals surface area contributed by atoms with Gasteiger partial charge in [-0.25, -0.2) is 0 Å². The highest BCUT2D eigenvalue weighted by atomic mass is 16.3. The lowest BCUT2D eigenvalue weighted by atomic mass is 9.88. The quantitative estimate of drug-likeness (QED) is 0.551. The number of hydrogen-bond acceptors (Lipinski definition) is 2. The minimum Gasteiger partial charge on any atom is -0.387 e. The van der Waals surface area contributed by atoms with E-state index in [0.29, 0.717) is 6.04 Å². The summed E-state index contributed by atoms with van der Waals surface area (Å²) in [5, 5.41) is 9.31. The zero-order valence-corrected chi connectivity index (χ0v) is 7.68. The van der Waals surface area contributed by atoms with Crippen LogP contribution in [0.1, 0.15) is 27.7 Å². The number of nitrogens with zero attached hydrogens (tertiary/aromatic N) is 1. The molecule has 0 saturated carbocycles. The fraction of sp³-hybridized carbons (Fsp3) is 1.00. The van der Waals surface area contributed by atoms with Crippen molar-refractivity contribution in [3.05, 3.63) is 0 Å². The number of rotatable bonds is 0. The van der Waals surface area contributed by atoms with Gasteiger partial charge in [-0.05, 0) is 20.9 Å². The van der Waals surface area contributed by atoms with Crippen LogP contribution in [0.3, 0.4) is 0 Å². The van der Waals surface area contributed by atoms with Crippen LogP contribution in [0.15, 0.2) is 0 Å². The second-order valence-corrected chi connectivity index (χ2v) is 2.95. The van der Waals surface area contributed by atoms with E-state index < -0.39 is 5.60 Å². The molecule has 1 aliphatic heterocycles. The Morgan fingerprint density at radius 3 is 1.90 bits per heavy atom. The van der Waals surface area contributed by atoms with E-state index in [0.717, 1.165) is 6.54 Å². The van der Waals surface area contributed by atoms with Gasteiger partial charge in [0.25, 0.3) is 0 Å². The molecule has 1 aliphatic rings. The molecule has 0 aromatic carbocycles. The second-order valence-electron chi connectivity index (χ2n) is 2.95. The molecule has 0 radical (unpaired) electrons. The largest absolute Gasteiger partial charge is 0.387 e. The van der Waals surface area contributed by atoms with Crippen molar-refractivity contribution in [2.75, 3.05) is 13.6 Å². The van der Waals surface area contributed by atoms with Crippen LogP contribution in [0.25, 0.3) is 0 Å². The van der Waals surface area contributed by atoms with E-state index in [2.05, 4.69) is 4.90 Å². The molecule has 2 atom stereocenters. The lowest BCUT2D eigenvalue weighted by molar-refractivity contribution is -0.119. The SMILES string of the molecule is CC.C[C@@H]1N(C)C[C@]1(C)O. The molecule has 1 rings (SSSR count). The number of aliphatic hydroxyl groups is 1. The predicted octanol–water partition coefficient (Wildman–Crippen LogP) is 1.10. The predicted molar refractivity (Wildman–Crippen MR) is 44.1 cm³/mol. The van der Waals surface area contributed by atoms with Gasteiger partial charge in [0, 0.05) is 12.6 Å². The molecule has 0 unspecified atom stereocenters. The van der Waals surface area contributed by atoms with E-state index in [1.165, 1.54) is 0 Å². The molecule has 1 fully saturated rings. The van der Waals surface area contributed by atoms with Gasteiger partial charge in [0.15, 0.2) is 0 Å². The zero-order chi connectivity index (χ0) is 8.36. The first-order valence-corrected chi connectivity index (χ1v) is 3.96. The molecular formula is C8H19NO. The van der Waals surface area contributed by atoms with Gasteiger partial charge in [0.1, 0.15) is 0 Å². The van der Waals surface area contributed by atoms with Crippen molar-refractivity contribution in [1.82, 2.24) is 4.90 Å². The maximum Gasteiger partial charge on any atom is 0.0897 e. The normalized spacial score (nSPS) is 39.6. The van der Waals surface area contributed by atoms with Crippen molar-refractivity contribution in [3.8, 4) is 0 Å². The first-order chi connectivity index (χ1) is 4.54. The Morgan fingerprint density at radius 1 is 1.50 bits per heavy atom. The van der Waals surface area contributed by atoms with Crippen LogP contribution in [-0.2, 0) is 0 Å². The third kappa shape index (κ3) is 1.70. The average molecular weight is 145 g/mol. The smallest absolute Gasteiger partial charge is 0.0897 e. The summed E-state index contributed by atoms with van der Waals surface area (Å²) in [7, 11) is 2.02. The molecule has 0 aliphatic carbocycles. The summed E-state index contributed by atoms with van der Waals surface area (Å²) in [6.45, 7) is 8.72. The molecule has 1 N–H and O–H groups in total. The van der Waals surface area contributed by atoms with Crippen LogP contribution >= 0.6 is 0 Å². The fourth-order valence-corrected chi connectivity index (χ4v) is 1.14. The summed E-state index contributed by atoms with van der Waals surface area (Å²) < 4.78 is 0. The summed E-state index contributed by atoms with van der Waals surface area (Å²) in [6, 6.07) is 0.336. The molecule has 0 amide bonds. The Morgan fingerprint density at radius 2 is 1.90 bits per heavy atom. The van der Waals surface area contributed by atoms with Gasteiger partial charge in [0.2, 0.25) is 0 Å². The summed E-state index contributed by atoms with van der Waals surface area (Å²) in [5.41, 5.74) is -0.422. The van der Waals surface area contributed by atoms with E-state index in [1.54, 1.807) is 0 Å². The molecular weight excluding hydrogens is 126 g/mol. The van der Waals surface area contributed by atoms with E-state index >= 15 is 0 Å². The molecule has 2 heteroatoms. The summed E-state index contributed by atoms with van der Waals surface area (Å²) in [4.78, 5) is 2.12. The van der Waals surface area contributed by atoms with E-state index in [-0.39, 0.29) is 0 Å². The summed E-state index contributed by atoms with van der Waals surface area (Å²) in [5.74, 6) is 0. The molecule has 1 saturated heterocycles. The highest BCUT2D eigenvalue weighted by Crippen LogP contribution is 2.25. The highest BCUT2D eigenvalue weighted by molar-refractivity contribution is 4.97. The number of likely N-dealkylation sites (tertiary alicyclic amines) is 1. The first kappa shape index (κ1) is 9.92. The van der Waals surface area contributed by atoms with Crippen LogP contribution in [-0.4, -0.2) is 35.2 Å². The number of β-amino-alcohol motifs (C(OH)–C–C–N with tert-alkyl or cyclic N) is 1. The van der Waals surface area contributed by atoms with E-state index in [4.69, 9.17) is 0 Å². The van der Waals surface area contributed by atoms with Gasteiger partial charge in [-0.1, -0.05) is 13.8 Å². The topological polar surface area (TPSA) is 23.5 Å². The van der Waals surface area contributed by atoms with Crippen LogP contribution in [0, 0.1) is 0 Å². The maximum absolute atomic E-state index is 9.31. The first-order valence-electron chi connectivity index (χ1n) is 3.96. The standard InChI is InChI=1S/C6H13NO.C2H6/c1-5-6(2,8)4-7(5)3;1-2/h5,8H,4H2,1-3H3;1-2H3/t5-,6-;/m0./s1. The van der Waals surface area contributed by atoms with Crippen LogP contribution in [0.2, 0.25) is 0 Å². The number of hydrogen-bond donors (Lipinski definition) is 1. The van der Waals surface area contributed by atoms with Gasteiger partial charge < -0.3 is 5.11 Å². The molecule has 0 aromatic heterocycles. The Bertz CT molecular complexity index is 101. The van der Waals surface area contributed by atoms with Crippen molar-refractivity contribution in [2.24, 2.45) is 0 Å². The Balaban J connectivity index is 0.000000371. The van der Waals surface area contributed by atoms with Gasteiger partial charge in [-0.15, -0.1) is 0 Å². The minimum atomic E-state index is -0.422. The van der Waals surface area contributed by atoms with Gasteiger partial charge in [0.05, 0.1) is 5.60 Å². The second kappa shape index (κ2) is 3.35. The summed E-state index contributed by atoms with van der Waals surface area (Å²) in [6.07, 6.45) is 0. The van der Waals surface area contributed by atoms with Crippen LogP contribution < -0.4 is 0 Å². The van der Waals surface area contributed by atoms with Gasteiger partial charge >= 0.3 is 0 Å². The minimum absolute atomic E-state index is 0.336. The summed E-state index contributed by atoms with van der Waals surface area (Å²) >= 11 is 0. The monoisotopic (exact) mass is 145 g/mol. The van der Waals surface area contributed by atoms with Crippen LogP contribution in [0.5, 0.6) is 0 Å². The molecule has 0 aromatic rings. The third-order valence-electron chi connectivity index (χ3n) is 2.13. The van der Waals surface area contributed by atoms with E-state index in [9.17, 15) is 5.11 Å². The van der Waals surface area contributed by atoms with Gasteiger partial charge in [-0.2, -0.15) is 0 Å². The molecule has 0 spiro atoms. The Hall–Kier alpha value is -0.0800. The lowest BCUT2D eigenvalue weighted by Crippen LogP contribution is -2.64. The van der Waals surface area contributed by atoms with Crippen molar-refractivity contribution >= 4 is 0 Å². The number of likely N-dealkylation sites (N-methyl/N-ethyl adjacent to an activating group) is 1. The average Bonchev–Trinajstić information content (AvgIpc) is 1.91. The van der Waals surface area contributed by atoms with Crippen LogP contribution in [0.4, 0.5) is 0 Å².